The molecule has 4 rings (SSSR count). The first-order chi connectivity index (χ1) is 14.9. The first-order valence-corrected chi connectivity index (χ1v) is 10.9. The minimum Gasteiger partial charge on any atom is -0.454 e. The second kappa shape index (κ2) is 8.36. The van der Waals surface area contributed by atoms with E-state index in [0.717, 1.165) is 11.6 Å². The number of carbonyl (C=O) groups is 1. The smallest absolute Gasteiger partial charge is 0.289 e. The lowest BCUT2D eigenvalue weighted by molar-refractivity contribution is -0.387. The highest BCUT2D eigenvalue weighted by Gasteiger charge is 2.34. The second-order valence-corrected chi connectivity index (χ2v) is 8.81. The Hall–Kier alpha value is -3.44. The number of benzene rings is 2. The normalized spacial score (nSPS) is 16.6. The van der Waals surface area contributed by atoms with E-state index in [4.69, 9.17) is 9.47 Å². The van der Waals surface area contributed by atoms with E-state index < -0.39 is 20.6 Å². The average molecular weight is 445 g/mol. The number of carbonyl (C=O) groups excluding carboxylic acids is 1. The third-order valence-corrected chi connectivity index (χ3v) is 6.99. The van der Waals surface area contributed by atoms with Crippen molar-refractivity contribution in [1.29, 1.82) is 0 Å². The van der Waals surface area contributed by atoms with E-state index in [9.17, 15) is 23.3 Å². The molecule has 2 aromatic carbocycles. The zero-order valence-corrected chi connectivity index (χ0v) is 17.2. The molecule has 1 fully saturated rings. The summed E-state index contributed by atoms with van der Waals surface area (Å²) in [5.74, 6) is 1.02. The van der Waals surface area contributed by atoms with Crippen molar-refractivity contribution < 1.29 is 27.6 Å². The zero-order chi connectivity index (χ0) is 22.0. The lowest BCUT2D eigenvalue weighted by Crippen LogP contribution is -2.50. The number of hydrogen-bond acceptors (Lipinski definition) is 7. The largest absolute Gasteiger partial charge is 0.454 e. The Balaban J connectivity index is 1.40. The summed E-state index contributed by atoms with van der Waals surface area (Å²) in [7, 11) is -4.04. The van der Waals surface area contributed by atoms with Crippen LogP contribution in [0.15, 0.2) is 53.4 Å². The van der Waals surface area contributed by atoms with Crippen molar-refractivity contribution in [2.24, 2.45) is 0 Å². The van der Waals surface area contributed by atoms with Gasteiger partial charge in [0.15, 0.2) is 16.4 Å². The molecule has 0 aliphatic carbocycles. The topological polar surface area (TPSA) is 119 Å². The van der Waals surface area contributed by atoms with Gasteiger partial charge in [-0.25, -0.2) is 8.42 Å². The van der Waals surface area contributed by atoms with Gasteiger partial charge in [0.2, 0.25) is 22.7 Å². The van der Waals surface area contributed by atoms with Crippen LogP contribution in [0.2, 0.25) is 0 Å². The molecule has 1 saturated heterocycles. The molecule has 0 bridgehead atoms. The predicted molar refractivity (Wildman–Crippen MR) is 110 cm³/mol. The van der Waals surface area contributed by atoms with Crippen molar-refractivity contribution in [1.82, 2.24) is 9.21 Å². The fourth-order valence-electron chi connectivity index (χ4n) is 3.40. The van der Waals surface area contributed by atoms with Crippen molar-refractivity contribution in [3.63, 3.8) is 0 Å². The molecule has 0 unspecified atom stereocenters. The maximum atomic E-state index is 12.9. The Labute approximate surface area is 178 Å². The summed E-state index contributed by atoms with van der Waals surface area (Å²) < 4.78 is 37.5. The maximum Gasteiger partial charge on any atom is 0.289 e. The Kier molecular flexibility index (Phi) is 5.61. The van der Waals surface area contributed by atoms with Crippen LogP contribution in [0.3, 0.4) is 0 Å². The van der Waals surface area contributed by atoms with Gasteiger partial charge < -0.3 is 14.4 Å². The van der Waals surface area contributed by atoms with Crippen LogP contribution in [0.4, 0.5) is 5.69 Å². The van der Waals surface area contributed by atoms with Gasteiger partial charge in [-0.05, 0) is 29.8 Å². The Morgan fingerprint density at radius 2 is 1.74 bits per heavy atom. The third kappa shape index (κ3) is 4.23. The molecule has 0 atom stereocenters. The van der Waals surface area contributed by atoms with E-state index in [1.54, 1.807) is 24.3 Å². The number of hydrogen-bond donors (Lipinski definition) is 0. The molecule has 162 valence electrons. The van der Waals surface area contributed by atoms with E-state index in [0.29, 0.717) is 11.5 Å². The van der Waals surface area contributed by atoms with Gasteiger partial charge in [-0.1, -0.05) is 18.2 Å². The van der Waals surface area contributed by atoms with E-state index in [2.05, 4.69) is 0 Å². The summed E-state index contributed by atoms with van der Waals surface area (Å²) in [5.41, 5.74) is 0.308. The summed E-state index contributed by atoms with van der Waals surface area (Å²) >= 11 is 0. The lowest BCUT2D eigenvalue weighted by atomic mass is 10.2. The fourth-order valence-corrected chi connectivity index (χ4v) is 4.98. The molecule has 0 radical (unpaired) electrons. The highest BCUT2D eigenvalue weighted by atomic mass is 32.2. The van der Waals surface area contributed by atoms with Crippen molar-refractivity contribution in [3.8, 4) is 11.5 Å². The molecule has 11 heteroatoms. The van der Waals surface area contributed by atoms with Gasteiger partial charge in [-0.15, -0.1) is 0 Å². The summed E-state index contributed by atoms with van der Waals surface area (Å²) in [6.45, 7) is 0.644. The molecule has 2 aliphatic rings. The van der Waals surface area contributed by atoms with Crippen LogP contribution in [0, 0.1) is 10.1 Å². The summed E-state index contributed by atoms with van der Waals surface area (Å²) in [6.07, 6.45) is 3.07. The number of fused-ring (bicyclic) bond motifs is 1. The van der Waals surface area contributed by atoms with Crippen molar-refractivity contribution in [2.45, 2.75) is 4.90 Å². The molecule has 2 aliphatic heterocycles. The number of nitro benzene ring substituents is 1. The molecule has 1 amide bonds. The molecule has 10 nitrogen and oxygen atoms in total. The predicted octanol–water partition coefficient (Wildman–Crippen LogP) is 1.87. The van der Waals surface area contributed by atoms with E-state index in [1.165, 1.54) is 33.5 Å². The monoisotopic (exact) mass is 445 g/mol. The van der Waals surface area contributed by atoms with Gasteiger partial charge in [0.05, 0.1) is 4.92 Å². The van der Waals surface area contributed by atoms with Crippen molar-refractivity contribution in [2.75, 3.05) is 33.0 Å². The van der Waals surface area contributed by atoms with Crippen molar-refractivity contribution in [3.05, 3.63) is 64.2 Å². The standard InChI is InChI=1S/C20H19N3O7S/c24-20(8-6-15-5-7-17-18(13-15)30-14-29-17)21-9-11-22(12-10-21)31(27,28)19-4-2-1-3-16(19)23(25)26/h1-8,13H,9-12,14H2/b8-6+. The van der Waals surface area contributed by atoms with Gasteiger partial charge in [-0.3, -0.25) is 14.9 Å². The van der Waals surface area contributed by atoms with Crippen LogP contribution in [0.5, 0.6) is 11.5 Å². The quantitative estimate of drug-likeness (QED) is 0.391. The second-order valence-electron chi connectivity index (χ2n) is 6.90. The lowest BCUT2D eigenvalue weighted by Gasteiger charge is -2.33. The molecular weight excluding hydrogens is 426 g/mol. The van der Waals surface area contributed by atoms with Gasteiger partial charge in [-0.2, -0.15) is 4.31 Å². The molecule has 0 spiro atoms. The first-order valence-electron chi connectivity index (χ1n) is 9.46. The third-order valence-electron chi connectivity index (χ3n) is 5.05. The van der Waals surface area contributed by atoms with E-state index in [1.807, 2.05) is 0 Å². The number of nitrogens with zero attached hydrogens (tertiary/aromatic N) is 3. The fraction of sp³-hybridized carbons (Fsp3) is 0.250. The molecule has 31 heavy (non-hydrogen) atoms. The molecule has 0 saturated carbocycles. The Morgan fingerprint density at radius 1 is 1.03 bits per heavy atom. The number of para-hydroxylation sites is 1. The van der Waals surface area contributed by atoms with Crippen LogP contribution in [-0.2, 0) is 14.8 Å². The van der Waals surface area contributed by atoms with Crippen LogP contribution in [-0.4, -0.2) is 61.4 Å². The number of nitro groups is 1. The van der Waals surface area contributed by atoms with Crippen LogP contribution in [0.1, 0.15) is 5.56 Å². The molecule has 0 N–H and O–H groups in total. The average Bonchev–Trinajstić information content (AvgIpc) is 3.25. The summed E-state index contributed by atoms with van der Waals surface area (Å²) in [6, 6.07) is 10.6. The molecule has 0 aromatic heterocycles. The number of rotatable bonds is 5. The molecular formula is C20H19N3O7S. The molecule has 2 heterocycles. The van der Waals surface area contributed by atoms with Crippen molar-refractivity contribution >= 4 is 27.7 Å². The van der Waals surface area contributed by atoms with Crippen LogP contribution < -0.4 is 9.47 Å². The van der Waals surface area contributed by atoms with Gasteiger partial charge >= 0.3 is 0 Å². The van der Waals surface area contributed by atoms with Gasteiger partial charge in [0.25, 0.3) is 5.69 Å². The SMILES string of the molecule is O=C(/C=C/c1ccc2c(c1)OCO2)N1CCN(S(=O)(=O)c2ccccc2[N+](=O)[O-])CC1. The number of piperazine rings is 1. The number of amides is 1. The number of sulfonamides is 1. The van der Waals surface area contributed by atoms with Gasteiger partial charge in [0, 0.05) is 38.3 Å². The Bertz CT molecular complexity index is 1160. The van der Waals surface area contributed by atoms with E-state index in [-0.39, 0.29) is 43.8 Å². The minimum absolute atomic E-state index is 0.0536. The first kappa shape index (κ1) is 20.8. The highest BCUT2D eigenvalue weighted by Crippen LogP contribution is 2.33. The highest BCUT2D eigenvalue weighted by molar-refractivity contribution is 7.89. The zero-order valence-electron chi connectivity index (χ0n) is 16.3. The molecule has 2 aromatic rings. The van der Waals surface area contributed by atoms with Crippen LogP contribution in [0.25, 0.3) is 6.08 Å². The number of ether oxygens (including phenoxy) is 2. The summed E-state index contributed by atoms with van der Waals surface area (Å²) in [5, 5.41) is 11.2. The van der Waals surface area contributed by atoms with Crippen LogP contribution >= 0.6 is 0 Å². The van der Waals surface area contributed by atoms with Gasteiger partial charge in [0.1, 0.15) is 0 Å². The summed E-state index contributed by atoms with van der Waals surface area (Å²) in [4.78, 5) is 24.2. The Morgan fingerprint density at radius 3 is 2.48 bits per heavy atom. The maximum absolute atomic E-state index is 12.9. The van der Waals surface area contributed by atoms with E-state index >= 15 is 0 Å². The minimum atomic E-state index is -4.04.